The lowest BCUT2D eigenvalue weighted by atomic mass is 9.88. The molecular formula is C24H30O7. The first-order valence-electron chi connectivity index (χ1n) is 9.70. The van der Waals surface area contributed by atoms with Crippen LogP contribution >= 0.6 is 0 Å². The van der Waals surface area contributed by atoms with Crippen molar-refractivity contribution < 1.29 is 33.2 Å². The molecule has 0 spiro atoms. The zero-order valence-electron chi connectivity index (χ0n) is 18.9. The first-order valence-corrected chi connectivity index (χ1v) is 9.70. The van der Waals surface area contributed by atoms with E-state index in [1.165, 1.54) is 14.2 Å². The number of benzene rings is 2. The van der Waals surface area contributed by atoms with E-state index in [2.05, 4.69) is 6.58 Å². The third kappa shape index (κ3) is 5.23. The van der Waals surface area contributed by atoms with Crippen molar-refractivity contribution in [2.24, 2.45) is 0 Å². The summed E-state index contributed by atoms with van der Waals surface area (Å²) >= 11 is 0. The summed E-state index contributed by atoms with van der Waals surface area (Å²) < 4.78 is 32.4. The van der Waals surface area contributed by atoms with Crippen LogP contribution in [0.2, 0.25) is 0 Å². The molecule has 7 nitrogen and oxygen atoms in total. The van der Waals surface area contributed by atoms with Crippen LogP contribution in [-0.4, -0.2) is 48.4 Å². The van der Waals surface area contributed by atoms with Gasteiger partial charge in [0.25, 0.3) is 0 Å². The molecule has 0 aliphatic heterocycles. The highest BCUT2D eigenvalue weighted by atomic mass is 16.5. The van der Waals surface area contributed by atoms with Gasteiger partial charge in [-0.1, -0.05) is 6.08 Å². The number of carbonyl (C=O) groups is 1. The molecule has 0 saturated heterocycles. The lowest BCUT2D eigenvalue weighted by Crippen LogP contribution is -2.15. The molecule has 168 valence electrons. The van der Waals surface area contributed by atoms with Crippen molar-refractivity contribution in [3.05, 3.63) is 48.0 Å². The Balaban J connectivity index is 2.45. The van der Waals surface area contributed by atoms with E-state index in [-0.39, 0.29) is 12.2 Å². The second kappa shape index (κ2) is 11.2. The number of carbonyl (C=O) groups excluding carboxylic acids is 1. The van der Waals surface area contributed by atoms with Crippen molar-refractivity contribution in [3.8, 4) is 34.5 Å². The Hall–Kier alpha value is -3.35. The minimum absolute atomic E-state index is 0.00319. The molecule has 0 saturated carbocycles. The maximum atomic E-state index is 13.3. The highest BCUT2D eigenvalue weighted by Crippen LogP contribution is 2.42. The molecule has 1 atom stereocenters. The zero-order chi connectivity index (χ0) is 23.0. The molecule has 0 aromatic heterocycles. The summed E-state index contributed by atoms with van der Waals surface area (Å²) in [4.78, 5) is 13.3. The van der Waals surface area contributed by atoms with Crippen LogP contribution in [0.5, 0.6) is 34.5 Å². The number of allylic oxidation sites excluding steroid dienone is 1. The van der Waals surface area contributed by atoms with Gasteiger partial charge in [0.1, 0.15) is 5.78 Å². The van der Waals surface area contributed by atoms with Crippen molar-refractivity contribution in [1.29, 1.82) is 0 Å². The molecule has 2 rings (SSSR count). The molecule has 2 aromatic carbocycles. The van der Waals surface area contributed by atoms with Crippen molar-refractivity contribution in [3.63, 3.8) is 0 Å². The minimum Gasteiger partial charge on any atom is -0.493 e. The van der Waals surface area contributed by atoms with E-state index in [1.54, 1.807) is 58.8 Å². The van der Waals surface area contributed by atoms with Gasteiger partial charge in [-0.2, -0.15) is 0 Å². The SMILES string of the molecule is C=CCC(C(=O)Cc1cc(OC)c(OC)c(OC)c1)c1cc(OC)c(OC)c(OC)c1. The molecule has 0 radical (unpaired) electrons. The molecule has 31 heavy (non-hydrogen) atoms. The fraction of sp³-hybridized carbons (Fsp3) is 0.375. The highest BCUT2D eigenvalue weighted by molar-refractivity contribution is 5.88. The third-order valence-corrected chi connectivity index (χ3v) is 4.98. The van der Waals surface area contributed by atoms with Gasteiger partial charge in [0, 0.05) is 12.3 Å². The number of hydrogen-bond donors (Lipinski definition) is 0. The quantitative estimate of drug-likeness (QED) is 0.467. The molecular weight excluding hydrogens is 400 g/mol. The maximum absolute atomic E-state index is 13.3. The Morgan fingerprint density at radius 2 is 1.19 bits per heavy atom. The van der Waals surface area contributed by atoms with Gasteiger partial charge in [-0.05, 0) is 41.8 Å². The summed E-state index contributed by atoms with van der Waals surface area (Å²) in [6, 6.07) is 7.14. The normalized spacial score (nSPS) is 11.3. The number of hydrogen-bond acceptors (Lipinski definition) is 7. The lowest BCUT2D eigenvalue weighted by molar-refractivity contribution is -0.119. The summed E-state index contributed by atoms with van der Waals surface area (Å²) in [5.41, 5.74) is 1.51. The standard InChI is InChI=1S/C24H30O7/c1-8-9-17(16-13-21(28-4)24(31-7)22(14-16)29-5)18(25)10-15-11-19(26-2)23(30-6)20(12-15)27-3/h8,11-14,17H,1,9-10H2,2-7H3. The molecule has 0 heterocycles. The van der Waals surface area contributed by atoms with Crippen LogP contribution in [0.15, 0.2) is 36.9 Å². The molecule has 0 amide bonds. The molecule has 0 fully saturated rings. The summed E-state index contributed by atoms with van der Waals surface area (Å²) in [5.74, 6) is 2.50. The molecule has 0 aliphatic carbocycles. The molecule has 7 heteroatoms. The summed E-state index contributed by atoms with van der Waals surface area (Å²) in [6.07, 6.45) is 2.36. The average Bonchev–Trinajstić information content (AvgIpc) is 2.80. The van der Waals surface area contributed by atoms with Gasteiger partial charge in [-0.25, -0.2) is 0 Å². The third-order valence-electron chi connectivity index (χ3n) is 4.98. The van der Waals surface area contributed by atoms with Crippen LogP contribution in [0.3, 0.4) is 0 Å². The van der Waals surface area contributed by atoms with E-state index in [0.29, 0.717) is 40.9 Å². The molecule has 0 aliphatic rings. The van der Waals surface area contributed by atoms with E-state index < -0.39 is 5.92 Å². The number of ether oxygens (including phenoxy) is 6. The first kappa shape index (κ1) is 23.9. The van der Waals surface area contributed by atoms with Gasteiger partial charge in [-0.3, -0.25) is 4.79 Å². The highest BCUT2D eigenvalue weighted by Gasteiger charge is 2.25. The van der Waals surface area contributed by atoms with Gasteiger partial charge in [-0.15, -0.1) is 6.58 Å². The summed E-state index contributed by atoms with van der Waals surface area (Å²) in [6.45, 7) is 3.82. The smallest absolute Gasteiger partial charge is 0.203 e. The number of ketones is 1. The second-order valence-corrected chi connectivity index (χ2v) is 6.71. The van der Waals surface area contributed by atoms with E-state index >= 15 is 0 Å². The van der Waals surface area contributed by atoms with Crippen LogP contribution in [0.25, 0.3) is 0 Å². The number of methoxy groups -OCH3 is 6. The van der Waals surface area contributed by atoms with Gasteiger partial charge < -0.3 is 28.4 Å². The van der Waals surface area contributed by atoms with E-state index in [4.69, 9.17) is 28.4 Å². The Labute approximate surface area is 183 Å². The average molecular weight is 430 g/mol. The fourth-order valence-electron chi connectivity index (χ4n) is 3.48. The van der Waals surface area contributed by atoms with Crippen molar-refractivity contribution in [2.45, 2.75) is 18.8 Å². The predicted octanol–water partition coefficient (Wildman–Crippen LogP) is 4.21. The van der Waals surface area contributed by atoms with Gasteiger partial charge in [0.15, 0.2) is 23.0 Å². The van der Waals surface area contributed by atoms with Crippen LogP contribution < -0.4 is 28.4 Å². The largest absolute Gasteiger partial charge is 0.493 e. The van der Waals surface area contributed by atoms with Crippen LogP contribution in [0, 0.1) is 0 Å². The number of rotatable bonds is 12. The van der Waals surface area contributed by atoms with E-state index in [1.807, 2.05) is 0 Å². The monoisotopic (exact) mass is 430 g/mol. The Morgan fingerprint density at radius 3 is 1.55 bits per heavy atom. The van der Waals surface area contributed by atoms with Crippen LogP contribution in [0.1, 0.15) is 23.5 Å². The Kier molecular flexibility index (Phi) is 8.61. The molecule has 1 unspecified atom stereocenters. The summed E-state index contributed by atoms with van der Waals surface area (Å²) in [7, 11) is 9.24. The Morgan fingerprint density at radius 1 is 0.774 bits per heavy atom. The van der Waals surface area contributed by atoms with Gasteiger partial charge in [0.2, 0.25) is 11.5 Å². The van der Waals surface area contributed by atoms with Gasteiger partial charge >= 0.3 is 0 Å². The van der Waals surface area contributed by atoms with Gasteiger partial charge in [0.05, 0.1) is 42.7 Å². The van der Waals surface area contributed by atoms with E-state index in [9.17, 15) is 4.79 Å². The van der Waals surface area contributed by atoms with Crippen LogP contribution in [-0.2, 0) is 11.2 Å². The topological polar surface area (TPSA) is 72.5 Å². The fourth-order valence-corrected chi connectivity index (χ4v) is 3.48. The summed E-state index contributed by atoms with van der Waals surface area (Å²) in [5, 5.41) is 0. The minimum atomic E-state index is -0.440. The molecule has 0 bridgehead atoms. The van der Waals surface area contributed by atoms with Crippen molar-refractivity contribution in [1.82, 2.24) is 0 Å². The first-order chi connectivity index (χ1) is 15.0. The van der Waals surface area contributed by atoms with Crippen molar-refractivity contribution >= 4 is 5.78 Å². The Bertz CT molecular complexity index is 870. The molecule has 0 N–H and O–H groups in total. The number of Topliss-reactive ketones (excluding diaryl/α,β-unsaturated/α-hetero) is 1. The zero-order valence-corrected chi connectivity index (χ0v) is 18.9. The molecule has 2 aromatic rings. The lowest BCUT2D eigenvalue weighted by Gasteiger charge is -2.20. The predicted molar refractivity (Wildman–Crippen MR) is 118 cm³/mol. The van der Waals surface area contributed by atoms with Crippen molar-refractivity contribution in [2.75, 3.05) is 42.7 Å². The second-order valence-electron chi connectivity index (χ2n) is 6.71. The van der Waals surface area contributed by atoms with Crippen LogP contribution in [0.4, 0.5) is 0 Å². The van der Waals surface area contributed by atoms with E-state index in [0.717, 1.165) is 11.1 Å². The maximum Gasteiger partial charge on any atom is 0.203 e.